The summed E-state index contributed by atoms with van der Waals surface area (Å²) in [4.78, 5) is 4.27. The normalized spacial score (nSPS) is 18.9. The van der Waals surface area contributed by atoms with Crippen molar-refractivity contribution in [3.8, 4) is 5.75 Å². The highest BCUT2D eigenvalue weighted by atomic mass is 16.5. The molecule has 0 spiro atoms. The Bertz CT molecular complexity index is 728. The molecule has 2 aromatic rings. The highest BCUT2D eigenvalue weighted by Crippen LogP contribution is 2.27. The van der Waals surface area contributed by atoms with Gasteiger partial charge in [0, 0.05) is 26.4 Å². The fraction of sp³-hybridized carbons (Fsp3) is 0.471. The number of guanidine groups is 1. The van der Waals surface area contributed by atoms with Crippen LogP contribution in [0, 0.1) is 0 Å². The number of hydrogen-bond donors (Lipinski definition) is 2. The maximum absolute atomic E-state index is 5.94. The van der Waals surface area contributed by atoms with Gasteiger partial charge in [0.2, 0.25) is 0 Å². The summed E-state index contributed by atoms with van der Waals surface area (Å²) in [6, 6.07) is 8.20. The van der Waals surface area contributed by atoms with Crippen LogP contribution >= 0.6 is 0 Å². The third-order valence-electron chi connectivity index (χ3n) is 4.53. The number of para-hydroxylation sites is 1. The molecule has 1 atom stereocenters. The number of hydrogen-bond acceptors (Lipinski definition) is 4. The molecule has 0 fully saturated rings. The molecule has 1 aromatic heterocycles. The zero-order valence-corrected chi connectivity index (χ0v) is 13.8. The Hall–Kier alpha value is -2.57. The van der Waals surface area contributed by atoms with E-state index in [2.05, 4.69) is 42.5 Å². The fourth-order valence-corrected chi connectivity index (χ4v) is 3.30. The molecule has 7 heteroatoms. The summed E-state index contributed by atoms with van der Waals surface area (Å²) < 4.78 is 8.13. The molecule has 0 saturated heterocycles. The van der Waals surface area contributed by atoms with Crippen molar-refractivity contribution in [2.75, 3.05) is 13.6 Å². The quantitative estimate of drug-likeness (QED) is 0.645. The fourth-order valence-electron chi connectivity index (χ4n) is 3.30. The van der Waals surface area contributed by atoms with Crippen LogP contribution in [0.4, 0.5) is 0 Å². The van der Waals surface area contributed by atoms with Gasteiger partial charge >= 0.3 is 0 Å². The zero-order chi connectivity index (χ0) is 16.4. The first-order valence-electron chi connectivity index (χ1n) is 8.43. The van der Waals surface area contributed by atoms with Crippen molar-refractivity contribution in [3.63, 3.8) is 0 Å². The van der Waals surface area contributed by atoms with Crippen LogP contribution in [0.15, 0.2) is 29.3 Å². The second kappa shape index (κ2) is 6.51. The van der Waals surface area contributed by atoms with E-state index in [1.165, 1.54) is 5.56 Å². The second-order valence-electron chi connectivity index (χ2n) is 6.15. The Balaban J connectivity index is 1.28. The number of aromatic nitrogens is 3. The lowest BCUT2D eigenvalue weighted by Gasteiger charge is -2.15. The summed E-state index contributed by atoms with van der Waals surface area (Å²) in [6.07, 6.45) is 3.25. The van der Waals surface area contributed by atoms with Crippen LogP contribution in [0.3, 0.4) is 0 Å². The predicted octanol–water partition coefficient (Wildman–Crippen LogP) is 0.893. The van der Waals surface area contributed by atoms with Crippen LogP contribution in [0.1, 0.15) is 23.6 Å². The van der Waals surface area contributed by atoms with Crippen molar-refractivity contribution in [2.24, 2.45) is 4.99 Å². The average molecular weight is 326 g/mol. The first-order chi connectivity index (χ1) is 11.8. The molecule has 0 saturated carbocycles. The number of ether oxygens (including phenoxy) is 1. The number of fused-ring (bicyclic) bond motifs is 2. The molecule has 0 amide bonds. The number of rotatable bonds is 4. The molecule has 0 radical (unpaired) electrons. The van der Waals surface area contributed by atoms with E-state index in [-0.39, 0.29) is 6.10 Å². The van der Waals surface area contributed by atoms with Crippen LogP contribution in [0.5, 0.6) is 5.75 Å². The monoisotopic (exact) mass is 326 g/mol. The molecule has 24 heavy (non-hydrogen) atoms. The SMILES string of the molecule is CN=C(NCc1nnc2n1CCC2)NCC1Cc2ccccc2O1. The van der Waals surface area contributed by atoms with E-state index in [4.69, 9.17) is 4.74 Å². The number of aliphatic imine (C=N–C) groups is 1. The van der Waals surface area contributed by atoms with Gasteiger partial charge in [0.25, 0.3) is 0 Å². The molecule has 0 bridgehead atoms. The number of aryl methyl sites for hydroxylation is 1. The molecule has 2 aliphatic rings. The van der Waals surface area contributed by atoms with E-state index in [1.807, 2.05) is 12.1 Å². The van der Waals surface area contributed by atoms with Crippen LogP contribution in [0.25, 0.3) is 0 Å². The Labute approximate surface area is 141 Å². The third-order valence-corrected chi connectivity index (χ3v) is 4.53. The van der Waals surface area contributed by atoms with Crippen molar-refractivity contribution >= 4 is 5.96 Å². The predicted molar refractivity (Wildman–Crippen MR) is 91.1 cm³/mol. The lowest BCUT2D eigenvalue weighted by atomic mass is 10.1. The van der Waals surface area contributed by atoms with Crippen LogP contribution in [-0.2, 0) is 25.9 Å². The van der Waals surface area contributed by atoms with Gasteiger partial charge in [0.15, 0.2) is 11.8 Å². The maximum atomic E-state index is 5.94. The smallest absolute Gasteiger partial charge is 0.191 e. The van der Waals surface area contributed by atoms with Crippen LogP contribution in [-0.4, -0.2) is 40.4 Å². The van der Waals surface area contributed by atoms with Crippen molar-refractivity contribution in [2.45, 2.75) is 38.5 Å². The summed E-state index contributed by atoms with van der Waals surface area (Å²) in [5.41, 5.74) is 1.27. The lowest BCUT2D eigenvalue weighted by Crippen LogP contribution is -2.42. The molecular weight excluding hydrogens is 304 g/mol. The summed E-state index contributed by atoms with van der Waals surface area (Å²) >= 11 is 0. The van der Waals surface area contributed by atoms with Gasteiger partial charge in [-0.1, -0.05) is 18.2 Å². The lowest BCUT2D eigenvalue weighted by molar-refractivity contribution is 0.235. The minimum absolute atomic E-state index is 0.137. The highest BCUT2D eigenvalue weighted by molar-refractivity contribution is 5.79. The highest BCUT2D eigenvalue weighted by Gasteiger charge is 2.22. The molecule has 126 valence electrons. The Morgan fingerprint density at radius 2 is 2.25 bits per heavy atom. The largest absolute Gasteiger partial charge is 0.488 e. The van der Waals surface area contributed by atoms with E-state index in [1.54, 1.807) is 7.05 Å². The summed E-state index contributed by atoms with van der Waals surface area (Å²) in [5, 5.41) is 15.1. The Morgan fingerprint density at radius 1 is 1.33 bits per heavy atom. The van der Waals surface area contributed by atoms with Crippen molar-refractivity contribution in [1.29, 1.82) is 0 Å². The Kier molecular flexibility index (Phi) is 4.06. The second-order valence-corrected chi connectivity index (χ2v) is 6.15. The van der Waals surface area contributed by atoms with Crippen LogP contribution in [0.2, 0.25) is 0 Å². The molecule has 0 aliphatic carbocycles. The van der Waals surface area contributed by atoms with Gasteiger partial charge in [-0.05, 0) is 18.1 Å². The molecule has 1 unspecified atom stereocenters. The van der Waals surface area contributed by atoms with Gasteiger partial charge in [-0.15, -0.1) is 10.2 Å². The molecule has 2 aliphatic heterocycles. The van der Waals surface area contributed by atoms with Gasteiger partial charge in [-0.25, -0.2) is 0 Å². The van der Waals surface area contributed by atoms with E-state index in [0.29, 0.717) is 13.1 Å². The minimum atomic E-state index is 0.137. The van der Waals surface area contributed by atoms with Gasteiger partial charge in [0.05, 0.1) is 13.1 Å². The summed E-state index contributed by atoms with van der Waals surface area (Å²) in [5.74, 6) is 3.80. The first-order valence-corrected chi connectivity index (χ1v) is 8.43. The molecular formula is C17H22N6O. The Morgan fingerprint density at radius 3 is 3.12 bits per heavy atom. The molecule has 2 N–H and O–H groups in total. The van der Waals surface area contributed by atoms with E-state index in [9.17, 15) is 0 Å². The average Bonchev–Trinajstić information content (AvgIpc) is 3.30. The summed E-state index contributed by atoms with van der Waals surface area (Å²) in [6.45, 7) is 2.35. The van der Waals surface area contributed by atoms with Crippen molar-refractivity contribution in [3.05, 3.63) is 41.5 Å². The van der Waals surface area contributed by atoms with E-state index >= 15 is 0 Å². The number of benzene rings is 1. The van der Waals surface area contributed by atoms with Gasteiger partial charge in [-0.3, -0.25) is 4.99 Å². The molecule has 3 heterocycles. The van der Waals surface area contributed by atoms with Gasteiger partial charge in [0.1, 0.15) is 17.7 Å². The van der Waals surface area contributed by atoms with Gasteiger partial charge < -0.3 is 19.9 Å². The standard InChI is InChI=1S/C17H22N6O/c1-18-17(20-11-16-22-21-15-7-4-8-23(15)16)19-10-13-9-12-5-2-3-6-14(12)24-13/h2-3,5-6,13H,4,7-11H2,1H3,(H2,18,19,20). The molecule has 7 nitrogen and oxygen atoms in total. The number of nitrogens with zero attached hydrogens (tertiary/aromatic N) is 4. The van der Waals surface area contributed by atoms with Crippen molar-refractivity contribution in [1.82, 2.24) is 25.4 Å². The molecule has 1 aromatic carbocycles. The molecule has 4 rings (SSSR count). The first kappa shape index (κ1) is 15.0. The van der Waals surface area contributed by atoms with E-state index in [0.717, 1.165) is 49.2 Å². The van der Waals surface area contributed by atoms with Gasteiger partial charge in [-0.2, -0.15) is 0 Å². The van der Waals surface area contributed by atoms with Crippen molar-refractivity contribution < 1.29 is 4.74 Å². The summed E-state index contributed by atoms with van der Waals surface area (Å²) in [7, 11) is 1.77. The number of nitrogens with one attached hydrogen (secondary N) is 2. The zero-order valence-electron chi connectivity index (χ0n) is 13.8. The third kappa shape index (κ3) is 2.93. The van der Waals surface area contributed by atoms with Crippen LogP contribution < -0.4 is 15.4 Å². The van der Waals surface area contributed by atoms with E-state index < -0.39 is 0 Å². The minimum Gasteiger partial charge on any atom is -0.488 e. The maximum Gasteiger partial charge on any atom is 0.191 e. The topological polar surface area (TPSA) is 76.4 Å².